The molecule has 3 nitrogen and oxygen atoms in total. The molecule has 1 aromatic carbocycles. The first-order chi connectivity index (χ1) is 9.95. The highest BCUT2D eigenvalue weighted by Crippen LogP contribution is 2.21. The second-order valence-electron chi connectivity index (χ2n) is 5.58. The Bertz CT molecular complexity index is 575. The molecule has 0 radical (unpaired) electrons. The number of rotatable bonds is 6. The predicted octanol–water partition coefficient (Wildman–Crippen LogP) is 4.40. The molecule has 21 heavy (non-hydrogen) atoms. The van der Waals surface area contributed by atoms with E-state index >= 15 is 0 Å². The van der Waals surface area contributed by atoms with E-state index in [0.717, 1.165) is 23.0 Å². The summed E-state index contributed by atoms with van der Waals surface area (Å²) in [5.74, 6) is 0.926. The molecule has 1 heterocycles. The lowest BCUT2D eigenvalue weighted by Crippen LogP contribution is -2.18. The Morgan fingerprint density at radius 2 is 1.81 bits per heavy atom. The van der Waals surface area contributed by atoms with Gasteiger partial charge in [-0.05, 0) is 52.3 Å². The minimum atomic E-state index is 0.212. The van der Waals surface area contributed by atoms with Gasteiger partial charge in [-0.15, -0.1) is 11.3 Å². The molecule has 1 unspecified atom stereocenters. The topological polar surface area (TPSA) is 34.2 Å². The molecule has 0 aliphatic carbocycles. The van der Waals surface area contributed by atoms with Crippen LogP contribution in [-0.2, 0) is 6.54 Å². The van der Waals surface area contributed by atoms with Crippen LogP contribution in [0.3, 0.4) is 0 Å². The first-order valence-corrected chi connectivity index (χ1v) is 8.20. The highest BCUT2D eigenvalue weighted by molar-refractivity contribution is 7.11. The number of nitrogens with zero attached hydrogens (tertiary/aromatic N) is 1. The number of nitrogens with one attached hydrogen (secondary N) is 1. The van der Waals surface area contributed by atoms with Crippen molar-refractivity contribution >= 4 is 11.3 Å². The van der Waals surface area contributed by atoms with Crippen LogP contribution in [0, 0.1) is 13.8 Å². The summed E-state index contributed by atoms with van der Waals surface area (Å²) in [7, 11) is 0. The van der Waals surface area contributed by atoms with Crippen LogP contribution in [0.25, 0.3) is 0 Å². The van der Waals surface area contributed by atoms with Crippen molar-refractivity contribution in [2.45, 2.75) is 53.3 Å². The third-order valence-corrected chi connectivity index (χ3v) is 4.39. The fourth-order valence-electron chi connectivity index (χ4n) is 2.21. The molecule has 1 atom stereocenters. The summed E-state index contributed by atoms with van der Waals surface area (Å²) >= 11 is 1.77. The second-order valence-corrected chi connectivity index (χ2v) is 6.87. The monoisotopic (exact) mass is 304 g/mol. The fraction of sp³-hybridized carbons (Fsp3) is 0.471. The summed E-state index contributed by atoms with van der Waals surface area (Å²) in [5, 5.41) is 4.69. The van der Waals surface area contributed by atoms with Gasteiger partial charge in [0.05, 0.1) is 16.8 Å². The van der Waals surface area contributed by atoms with Crippen LogP contribution in [0.15, 0.2) is 24.3 Å². The molecule has 0 spiro atoms. The molecule has 0 fully saturated rings. The molecule has 1 aromatic heterocycles. The van der Waals surface area contributed by atoms with Crippen molar-refractivity contribution in [1.29, 1.82) is 0 Å². The largest absolute Gasteiger partial charge is 0.491 e. The van der Waals surface area contributed by atoms with E-state index in [0.29, 0.717) is 6.04 Å². The summed E-state index contributed by atoms with van der Waals surface area (Å²) in [4.78, 5) is 5.78. The van der Waals surface area contributed by atoms with E-state index in [1.165, 1.54) is 10.4 Å². The SMILES string of the molecule is Cc1nc(C)c(CNC(C)c2ccc(OC(C)C)cc2)s1. The van der Waals surface area contributed by atoms with Gasteiger partial charge in [-0.2, -0.15) is 0 Å². The van der Waals surface area contributed by atoms with Gasteiger partial charge in [-0.3, -0.25) is 0 Å². The fourth-order valence-corrected chi connectivity index (χ4v) is 3.10. The zero-order valence-corrected chi connectivity index (χ0v) is 14.3. The lowest BCUT2D eigenvalue weighted by atomic mass is 10.1. The van der Waals surface area contributed by atoms with Gasteiger partial charge in [0.15, 0.2) is 0 Å². The average molecular weight is 304 g/mol. The molecule has 2 rings (SSSR count). The van der Waals surface area contributed by atoms with Crippen LogP contribution in [0.5, 0.6) is 5.75 Å². The maximum absolute atomic E-state index is 5.67. The average Bonchev–Trinajstić information content (AvgIpc) is 2.74. The van der Waals surface area contributed by atoms with Gasteiger partial charge in [0.25, 0.3) is 0 Å². The van der Waals surface area contributed by atoms with Crippen LogP contribution in [0.2, 0.25) is 0 Å². The van der Waals surface area contributed by atoms with E-state index in [-0.39, 0.29) is 6.10 Å². The number of ether oxygens (including phenoxy) is 1. The summed E-state index contributed by atoms with van der Waals surface area (Å²) < 4.78 is 5.67. The van der Waals surface area contributed by atoms with Gasteiger partial charge < -0.3 is 10.1 Å². The number of aryl methyl sites for hydroxylation is 2. The number of benzene rings is 1. The third kappa shape index (κ3) is 4.55. The first-order valence-electron chi connectivity index (χ1n) is 7.38. The highest BCUT2D eigenvalue weighted by atomic mass is 32.1. The minimum Gasteiger partial charge on any atom is -0.491 e. The predicted molar refractivity (Wildman–Crippen MR) is 89.0 cm³/mol. The molecule has 0 saturated heterocycles. The molecular formula is C17H24N2OS. The molecule has 4 heteroatoms. The molecule has 0 aliphatic heterocycles. The lowest BCUT2D eigenvalue weighted by molar-refractivity contribution is 0.242. The Morgan fingerprint density at radius 1 is 1.14 bits per heavy atom. The summed E-state index contributed by atoms with van der Waals surface area (Å²) in [5.41, 5.74) is 2.41. The van der Waals surface area contributed by atoms with E-state index in [9.17, 15) is 0 Å². The van der Waals surface area contributed by atoms with Gasteiger partial charge >= 0.3 is 0 Å². The molecule has 0 amide bonds. The molecule has 114 valence electrons. The van der Waals surface area contributed by atoms with Crippen molar-refractivity contribution in [2.24, 2.45) is 0 Å². The molecule has 0 aliphatic rings. The van der Waals surface area contributed by atoms with Crippen molar-refractivity contribution < 1.29 is 4.74 Å². The Labute approximate surface area is 131 Å². The number of thiazole rings is 1. The van der Waals surface area contributed by atoms with Crippen LogP contribution < -0.4 is 10.1 Å². The minimum absolute atomic E-state index is 0.212. The van der Waals surface area contributed by atoms with Crippen LogP contribution in [-0.4, -0.2) is 11.1 Å². The summed E-state index contributed by atoms with van der Waals surface area (Å²) in [6.07, 6.45) is 0.212. The number of hydrogen-bond donors (Lipinski definition) is 1. The van der Waals surface area contributed by atoms with Crippen molar-refractivity contribution in [2.75, 3.05) is 0 Å². The molecule has 0 saturated carbocycles. The maximum atomic E-state index is 5.67. The van der Waals surface area contributed by atoms with Gasteiger partial charge in [0.2, 0.25) is 0 Å². The van der Waals surface area contributed by atoms with Gasteiger partial charge in [0.1, 0.15) is 5.75 Å². The number of hydrogen-bond acceptors (Lipinski definition) is 4. The summed E-state index contributed by atoms with van der Waals surface area (Å²) in [6.45, 7) is 11.3. The Balaban J connectivity index is 1.93. The zero-order chi connectivity index (χ0) is 15.4. The summed E-state index contributed by atoms with van der Waals surface area (Å²) in [6, 6.07) is 8.63. The van der Waals surface area contributed by atoms with Gasteiger partial charge in [-0.1, -0.05) is 12.1 Å². The maximum Gasteiger partial charge on any atom is 0.119 e. The smallest absolute Gasteiger partial charge is 0.119 e. The Hall–Kier alpha value is -1.39. The first kappa shape index (κ1) is 16.0. The standard InChI is InChI=1S/C17H24N2OS/c1-11(2)20-16-8-6-15(7-9-16)12(3)18-10-17-13(4)19-14(5)21-17/h6-9,11-12,18H,10H2,1-5H3. The Morgan fingerprint density at radius 3 is 2.33 bits per heavy atom. The van der Waals surface area contributed by atoms with Gasteiger partial charge in [-0.25, -0.2) is 4.98 Å². The van der Waals surface area contributed by atoms with Crippen LogP contribution in [0.1, 0.15) is 48.0 Å². The van der Waals surface area contributed by atoms with E-state index < -0.39 is 0 Å². The molecule has 2 aromatic rings. The quantitative estimate of drug-likeness (QED) is 0.859. The third-order valence-electron chi connectivity index (χ3n) is 3.32. The Kier molecular flexibility index (Phi) is 5.37. The highest BCUT2D eigenvalue weighted by Gasteiger charge is 2.09. The van der Waals surface area contributed by atoms with Crippen LogP contribution >= 0.6 is 11.3 Å². The molecular weight excluding hydrogens is 280 g/mol. The van der Waals surface area contributed by atoms with Crippen molar-refractivity contribution in [1.82, 2.24) is 10.3 Å². The van der Waals surface area contributed by atoms with E-state index in [2.05, 4.69) is 43.2 Å². The molecule has 0 bridgehead atoms. The normalized spacial score (nSPS) is 12.7. The van der Waals surface area contributed by atoms with E-state index in [4.69, 9.17) is 4.74 Å². The van der Waals surface area contributed by atoms with E-state index in [1.807, 2.05) is 26.0 Å². The second kappa shape index (κ2) is 7.05. The van der Waals surface area contributed by atoms with Crippen LogP contribution in [0.4, 0.5) is 0 Å². The van der Waals surface area contributed by atoms with Crippen molar-refractivity contribution in [3.63, 3.8) is 0 Å². The van der Waals surface area contributed by atoms with E-state index in [1.54, 1.807) is 11.3 Å². The number of aromatic nitrogens is 1. The zero-order valence-electron chi connectivity index (χ0n) is 13.4. The lowest BCUT2D eigenvalue weighted by Gasteiger charge is -2.15. The van der Waals surface area contributed by atoms with Crippen molar-refractivity contribution in [3.05, 3.63) is 45.4 Å². The van der Waals surface area contributed by atoms with Crippen molar-refractivity contribution in [3.8, 4) is 5.75 Å². The molecule has 1 N–H and O–H groups in total. The van der Waals surface area contributed by atoms with Gasteiger partial charge in [0, 0.05) is 17.5 Å².